The van der Waals surface area contributed by atoms with E-state index in [9.17, 15) is 4.79 Å². The van der Waals surface area contributed by atoms with Crippen LogP contribution in [-0.2, 0) is 4.74 Å². The number of carbonyl (C=O) groups is 1. The summed E-state index contributed by atoms with van der Waals surface area (Å²) >= 11 is 7.41. The second kappa shape index (κ2) is 7.35. The first kappa shape index (κ1) is 18.2. The summed E-state index contributed by atoms with van der Waals surface area (Å²) in [7, 11) is 4.43. The number of halogens is 1. The second-order valence-electron chi connectivity index (χ2n) is 5.26. The molecule has 0 aliphatic heterocycles. The molecule has 1 aromatic carbocycles. The Balaban J connectivity index is 2.13. The second-order valence-corrected chi connectivity index (χ2v) is 6.67. The lowest BCUT2D eigenvalue weighted by molar-refractivity contribution is 0.0605. The molecule has 3 aromatic rings. The third kappa shape index (κ3) is 3.13. The molecule has 0 bridgehead atoms. The smallest absolute Gasteiger partial charge is 0.348 e. The minimum atomic E-state index is -0.401. The van der Waals surface area contributed by atoms with Gasteiger partial charge in [-0.3, -0.25) is 0 Å². The van der Waals surface area contributed by atoms with Crippen molar-refractivity contribution in [3.63, 3.8) is 0 Å². The summed E-state index contributed by atoms with van der Waals surface area (Å²) in [5.74, 6) is 1.17. The van der Waals surface area contributed by atoms with Crippen LogP contribution in [0.5, 0.6) is 11.5 Å². The molecule has 0 saturated carbocycles. The molecule has 9 heteroatoms. The number of esters is 1. The van der Waals surface area contributed by atoms with Crippen LogP contribution in [0.2, 0.25) is 5.02 Å². The zero-order valence-corrected chi connectivity index (χ0v) is 16.1. The number of hydrogen-bond acceptors (Lipinski definition) is 8. The van der Waals surface area contributed by atoms with Gasteiger partial charge >= 0.3 is 5.97 Å². The van der Waals surface area contributed by atoms with E-state index in [1.807, 2.05) is 6.92 Å². The molecule has 0 saturated heterocycles. The summed E-state index contributed by atoms with van der Waals surface area (Å²) < 4.78 is 15.5. The number of thiophene rings is 1. The van der Waals surface area contributed by atoms with Gasteiger partial charge in [-0.25, -0.2) is 14.8 Å². The van der Waals surface area contributed by atoms with Gasteiger partial charge in [-0.2, -0.15) is 0 Å². The van der Waals surface area contributed by atoms with Crippen molar-refractivity contribution in [3.05, 3.63) is 33.9 Å². The third-order valence-electron chi connectivity index (χ3n) is 3.82. The Morgan fingerprint density at radius 3 is 2.54 bits per heavy atom. The highest BCUT2D eigenvalue weighted by atomic mass is 35.5. The van der Waals surface area contributed by atoms with Gasteiger partial charge in [-0.1, -0.05) is 11.6 Å². The number of ether oxygens (including phenoxy) is 3. The molecular formula is C17H16ClN3O4S. The van der Waals surface area contributed by atoms with Crippen LogP contribution in [0.1, 0.15) is 15.2 Å². The first-order valence-electron chi connectivity index (χ1n) is 7.51. The van der Waals surface area contributed by atoms with Crippen molar-refractivity contribution in [2.45, 2.75) is 6.92 Å². The lowest BCUT2D eigenvalue weighted by Crippen LogP contribution is -2.01. The molecule has 0 fully saturated rings. The zero-order valence-electron chi connectivity index (χ0n) is 14.5. The van der Waals surface area contributed by atoms with E-state index in [0.29, 0.717) is 37.7 Å². The number of aromatic nitrogens is 2. The molecule has 0 radical (unpaired) electrons. The van der Waals surface area contributed by atoms with E-state index in [0.717, 1.165) is 10.9 Å². The number of hydrogen-bond donors (Lipinski definition) is 1. The van der Waals surface area contributed by atoms with Crippen molar-refractivity contribution < 1.29 is 19.0 Å². The summed E-state index contributed by atoms with van der Waals surface area (Å²) in [6, 6.07) is 3.37. The standard InChI is InChI=1S/C17H16ClN3O4S/c1-8-13-15(19-7-20-16(13)26-14(8)17(22)25-4)21-10-6-11(23-2)9(18)5-12(10)24-3/h5-7H,1-4H3,(H,19,20,21). The van der Waals surface area contributed by atoms with E-state index in [4.69, 9.17) is 25.8 Å². The Hall–Kier alpha value is -2.58. The number of anilines is 2. The van der Waals surface area contributed by atoms with E-state index >= 15 is 0 Å². The fourth-order valence-electron chi connectivity index (χ4n) is 2.54. The molecule has 2 heterocycles. The van der Waals surface area contributed by atoms with Gasteiger partial charge in [0.15, 0.2) is 0 Å². The van der Waals surface area contributed by atoms with Gasteiger partial charge in [0.25, 0.3) is 0 Å². The molecule has 0 aliphatic rings. The van der Waals surface area contributed by atoms with Gasteiger partial charge in [-0.15, -0.1) is 11.3 Å². The maximum atomic E-state index is 12.0. The van der Waals surface area contributed by atoms with E-state index in [-0.39, 0.29) is 0 Å². The number of aryl methyl sites for hydroxylation is 1. The van der Waals surface area contributed by atoms with Crippen LogP contribution < -0.4 is 14.8 Å². The Morgan fingerprint density at radius 2 is 1.88 bits per heavy atom. The van der Waals surface area contributed by atoms with Crippen molar-refractivity contribution in [2.24, 2.45) is 0 Å². The largest absolute Gasteiger partial charge is 0.495 e. The fourth-order valence-corrected chi connectivity index (χ4v) is 3.84. The van der Waals surface area contributed by atoms with Crippen molar-refractivity contribution >= 4 is 50.6 Å². The average molecular weight is 394 g/mol. The summed E-state index contributed by atoms with van der Waals surface area (Å²) in [5.41, 5.74) is 1.37. The molecule has 0 spiro atoms. The zero-order chi connectivity index (χ0) is 18.8. The number of nitrogens with zero attached hydrogens (tertiary/aromatic N) is 2. The summed E-state index contributed by atoms with van der Waals surface area (Å²) in [6.07, 6.45) is 1.43. The molecule has 26 heavy (non-hydrogen) atoms. The number of carbonyl (C=O) groups excluding carboxylic acids is 1. The maximum absolute atomic E-state index is 12.0. The molecule has 1 N–H and O–H groups in total. The minimum absolute atomic E-state index is 0.401. The lowest BCUT2D eigenvalue weighted by atomic mass is 10.2. The number of methoxy groups -OCH3 is 3. The van der Waals surface area contributed by atoms with E-state index in [1.165, 1.54) is 31.9 Å². The Labute approximate surface area is 158 Å². The summed E-state index contributed by atoms with van der Waals surface area (Å²) in [5, 5.41) is 4.40. The van der Waals surface area contributed by atoms with Crippen molar-refractivity contribution in [3.8, 4) is 11.5 Å². The Morgan fingerprint density at radius 1 is 1.15 bits per heavy atom. The number of nitrogens with one attached hydrogen (secondary N) is 1. The van der Waals surface area contributed by atoms with Gasteiger partial charge < -0.3 is 19.5 Å². The van der Waals surface area contributed by atoms with Crippen LogP contribution in [0.25, 0.3) is 10.2 Å². The molecule has 0 unspecified atom stereocenters. The predicted molar refractivity (Wildman–Crippen MR) is 101 cm³/mol. The normalized spacial score (nSPS) is 10.7. The van der Waals surface area contributed by atoms with Crippen LogP contribution >= 0.6 is 22.9 Å². The van der Waals surface area contributed by atoms with Crippen LogP contribution in [0.15, 0.2) is 18.5 Å². The number of fused-ring (bicyclic) bond motifs is 1. The highest BCUT2D eigenvalue weighted by Gasteiger charge is 2.20. The van der Waals surface area contributed by atoms with Gasteiger partial charge in [-0.05, 0) is 12.5 Å². The number of rotatable bonds is 5. The lowest BCUT2D eigenvalue weighted by Gasteiger charge is -2.14. The first-order valence-corrected chi connectivity index (χ1v) is 8.70. The van der Waals surface area contributed by atoms with E-state index in [1.54, 1.807) is 19.2 Å². The van der Waals surface area contributed by atoms with Crippen molar-refractivity contribution in [1.29, 1.82) is 0 Å². The van der Waals surface area contributed by atoms with Crippen LogP contribution in [-0.4, -0.2) is 37.3 Å². The monoisotopic (exact) mass is 393 g/mol. The van der Waals surface area contributed by atoms with Crippen LogP contribution in [0.4, 0.5) is 11.5 Å². The first-order chi connectivity index (χ1) is 12.5. The van der Waals surface area contributed by atoms with Crippen molar-refractivity contribution in [2.75, 3.05) is 26.6 Å². The maximum Gasteiger partial charge on any atom is 0.348 e. The van der Waals surface area contributed by atoms with Gasteiger partial charge in [0.1, 0.15) is 33.4 Å². The average Bonchev–Trinajstić information content (AvgIpc) is 2.99. The molecule has 3 rings (SSSR count). The van der Waals surface area contributed by atoms with Crippen LogP contribution in [0, 0.1) is 6.92 Å². The van der Waals surface area contributed by atoms with Crippen LogP contribution in [0.3, 0.4) is 0 Å². The molecule has 0 aliphatic carbocycles. The summed E-state index contributed by atoms with van der Waals surface area (Å²) in [6.45, 7) is 1.83. The SMILES string of the molecule is COC(=O)c1sc2ncnc(Nc3cc(OC)c(Cl)cc3OC)c2c1C. The topological polar surface area (TPSA) is 82.6 Å². The molecule has 2 aromatic heterocycles. The molecular weight excluding hydrogens is 378 g/mol. The summed E-state index contributed by atoms with van der Waals surface area (Å²) in [4.78, 5) is 21.7. The van der Waals surface area contributed by atoms with Crippen molar-refractivity contribution in [1.82, 2.24) is 9.97 Å². The molecule has 136 valence electrons. The predicted octanol–water partition coefficient (Wildman–Crippen LogP) is 4.20. The molecule has 0 atom stereocenters. The quantitative estimate of drug-likeness (QED) is 0.650. The van der Waals surface area contributed by atoms with E-state index < -0.39 is 5.97 Å². The molecule has 7 nitrogen and oxygen atoms in total. The highest BCUT2D eigenvalue weighted by Crippen LogP contribution is 2.40. The fraction of sp³-hybridized carbons (Fsp3) is 0.235. The highest BCUT2D eigenvalue weighted by molar-refractivity contribution is 7.20. The van der Waals surface area contributed by atoms with Gasteiger partial charge in [0, 0.05) is 12.1 Å². The van der Waals surface area contributed by atoms with Gasteiger partial charge in [0.2, 0.25) is 0 Å². The Bertz CT molecular complexity index is 990. The minimum Gasteiger partial charge on any atom is -0.495 e. The Kier molecular flexibility index (Phi) is 5.15. The molecule has 0 amide bonds. The number of benzene rings is 1. The van der Waals surface area contributed by atoms with Gasteiger partial charge in [0.05, 0.1) is 37.4 Å². The third-order valence-corrected chi connectivity index (χ3v) is 5.30. The van der Waals surface area contributed by atoms with E-state index in [2.05, 4.69) is 15.3 Å².